The molecule has 1 saturated carbocycles. The van der Waals surface area contributed by atoms with Gasteiger partial charge >= 0.3 is 17.8 Å². The lowest BCUT2D eigenvalue weighted by molar-refractivity contribution is -0.147. The molecule has 4 heterocycles. The quantitative estimate of drug-likeness (QED) is 0.191. The fourth-order valence-corrected chi connectivity index (χ4v) is 9.34. The Morgan fingerprint density at radius 1 is 0.951 bits per heavy atom. The van der Waals surface area contributed by atoms with Crippen LogP contribution < -0.4 is 27.4 Å². The zero-order valence-corrected chi connectivity index (χ0v) is 35.3. The summed E-state index contributed by atoms with van der Waals surface area (Å²) in [4.78, 5) is 119. The summed E-state index contributed by atoms with van der Waals surface area (Å²) < 4.78 is 8.46. The molecule has 1 aromatic heterocycles. The van der Waals surface area contributed by atoms with E-state index >= 15 is 0 Å². The highest BCUT2D eigenvalue weighted by atomic mass is 16.6. The number of aryl methyl sites for hydroxylation is 1. The number of aromatic nitrogens is 2. The first-order valence-corrected chi connectivity index (χ1v) is 21.2. The minimum Gasteiger partial charge on any atom is -0.480 e. The molecule has 1 aliphatic carbocycles. The summed E-state index contributed by atoms with van der Waals surface area (Å²) in [7, 11) is 1.67. The Kier molecular flexibility index (Phi) is 13.6. The molecule has 0 radical (unpaired) electrons. The SMILES string of the molecule is Cn1c(=O)n(C2CCC(=O)NC2=O)c2ccc(C[C@H]3CC[C@H](CC(=O)N4CC[C@H]5CC[C@@H](C(=O)N[C@@H](CCC(N)=O)C(=O)O)N5C(=O)[C@@H](NC(=O)OC(C)(C)C)C4)CC3)cc21. The van der Waals surface area contributed by atoms with Gasteiger partial charge in [-0.2, -0.15) is 0 Å². The summed E-state index contributed by atoms with van der Waals surface area (Å²) in [6.45, 7) is 5.16. The van der Waals surface area contributed by atoms with E-state index in [1.165, 1.54) is 14.0 Å². The van der Waals surface area contributed by atoms with Crippen molar-refractivity contribution in [1.82, 2.24) is 34.9 Å². The molecular weight excluding hydrogens is 793 g/mol. The first-order valence-electron chi connectivity index (χ1n) is 21.2. The van der Waals surface area contributed by atoms with Crippen LogP contribution in [0.15, 0.2) is 23.0 Å². The molecule has 1 unspecified atom stereocenters. The lowest BCUT2D eigenvalue weighted by atomic mass is 9.78. The number of benzene rings is 1. The number of imide groups is 1. The summed E-state index contributed by atoms with van der Waals surface area (Å²) in [5.41, 5.74) is 6.39. The van der Waals surface area contributed by atoms with Crippen molar-refractivity contribution in [3.63, 3.8) is 0 Å². The number of carbonyl (C=O) groups excluding carboxylic acids is 7. The van der Waals surface area contributed by atoms with Crippen molar-refractivity contribution in [2.45, 2.75) is 140 Å². The predicted molar refractivity (Wildman–Crippen MR) is 218 cm³/mol. The second kappa shape index (κ2) is 18.5. The average molecular weight is 851 g/mol. The third-order valence-corrected chi connectivity index (χ3v) is 12.5. The van der Waals surface area contributed by atoms with Gasteiger partial charge in [0, 0.05) is 38.9 Å². The molecule has 19 heteroatoms. The smallest absolute Gasteiger partial charge is 0.408 e. The maximum atomic E-state index is 14.3. The Labute approximate surface area is 353 Å². The van der Waals surface area contributed by atoms with E-state index in [9.17, 15) is 48.3 Å². The van der Waals surface area contributed by atoms with E-state index in [0.29, 0.717) is 29.8 Å². The van der Waals surface area contributed by atoms with E-state index in [1.54, 1.807) is 32.7 Å². The number of piperidine rings is 1. The van der Waals surface area contributed by atoms with E-state index in [2.05, 4.69) is 16.0 Å². The number of alkyl carbamates (subject to hydrolysis) is 1. The number of nitrogens with zero attached hydrogens (tertiary/aromatic N) is 4. The number of carboxylic acid groups (broad SMARTS) is 1. The molecule has 3 saturated heterocycles. The van der Waals surface area contributed by atoms with Crippen LogP contribution in [0.2, 0.25) is 0 Å². The Hall–Kier alpha value is -5.75. The third kappa shape index (κ3) is 10.6. The third-order valence-electron chi connectivity index (χ3n) is 12.5. The first-order chi connectivity index (χ1) is 28.8. The summed E-state index contributed by atoms with van der Waals surface area (Å²) >= 11 is 0. The van der Waals surface area contributed by atoms with Gasteiger partial charge in [0.2, 0.25) is 35.4 Å². The van der Waals surface area contributed by atoms with Gasteiger partial charge in [0.15, 0.2) is 0 Å². The van der Waals surface area contributed by atoms with Gasteiger partial charge in [-0.05, 0) is 115 Å². The lowest BCUT2D eigenvalue weighted by Crippen LogP contribution is -2.62. The topological polar surface area (TPSA) is 262 Å². The van der Waals surface area contributed by atoms with Crippen LogP contribution in [-0.4, -0.2) is 114 Å². The number of primary amides is 1. The van der Waals surface area contributed by atoms with E-state index in [1.807, 2.05) is 18.2 Å². The first kappa shape index (κ1) is 44.8. The average Bonchev–Trinajstić information content (AvgIpc) is 3.71. The minimum atomic E-state index is -1.39. The summed E-state index contributed by atoms with van der Waals surface area (Å²) in [6.07, 6.45) is 4.59. The number of aliphatic carboxylic acids is 1. The van der Waals surface area contributed by atoms with E-state index in [4.69, 9.17) is 10.5 Å². The molecule has 6 N–H and O–H groups in total. The number of carboxylic acids is 1. The van der Waals surface area contributed by atoms with Crippen molar-refractivity contribution in [2.24, 2.45) is 24.6 Å². The molecule has 7 amide bonds. The van der Waals surface area contributed by atoms with Gasteiger partial charge in [-0.25, -0.2) is 14.4 Å². The van der Waals surface area contributed by atoms with Crippen molar-refractivity contribution in [2.75, 3.05) is 13.1 Å². The highest BCUT2D eigenvalue weighted by Crippen LogP contribution is 2.35. The van der Waals surface area contributed by atoms with Gasteiger partial charge < -0.3 is 36.0 Å². The molecule has 61 heavy (non-hydrogen) atoms. The fourth-order valence-electron chi connectivity index (χ4n) is 9.34. The monoisotopic (exact) mass is 850 g/mol. The number of amides is 7. The van der Waals surface area contributed by atoms with Crippen molar-refractivity contribution in [3.05, 3.63) is 34.2 Å². The number of fused-ring (bicyclic) bond motifs is 2. The maximum Gasteiger partial charge on any atom is 0.408 e. The van der Waals surface area contributed by atoms with Crippen molar-refractivity contribution < 1.29 is 48.2 Å². The Bertz CT molecular complexity index is 2130. The standard InChI is InChI=1S/C42H58N8O11/c1-42(2,3)61-40(59)45-28-22-48(18-17-26-10-13-30(49(26)38(28)56)36(54)44-27(39(57)58)11-15-33(43)51)35(53)21-24-7-5-23(6-8-24)19-25-9-12-29-32(20-25)47(4)41(60)50(29)31-14-16-34(52)46-37(31)55/h9,12,20,23-24,26-28,30-31H,5-8,10-11,13-19,21-22H2,1-4H3,(H2,43,51)(H,44,54)(H,45,59)(H,57,58)(H,46,52,55)/t23-,24-,26-,27+,28+,30+,31?/m1/s1. The summed E-state index contributed by atoms with van der Waals surface area (Å²) in [5.74, 6) is -3.83. The summed E-state index contributed by atoms with van der Waals surface area (Å²) in [6, 6.07) is 0.954. The number of nitrogens with one attached hydrogen (secondary N) is 3. The number of nitrogens with two attached hydrogens (primary N) is 1. The minimum absolute atomic E-state index is 0.112. The number of hydrogen-bond acceptors (Lipinski definition) is 10. The van der Waals surface area contributed by atoms with Crippen LogP contribution in [0.1, 0.15) is 109 Å². The van der Waals surface area contributed by atoms with Crippen LogP contribution in [0.25, 0.3) is 11.0 Å². The van der Waals surface area contributed by atoms with Crippen molar-refractivity contribution >= 4 is 58.5 Å². The number of imidazole rings is 1. The lowest BCUT2D eigenvalue weighted by Gasteiger charge is -2.39. The van der Waals surface area contributed by atoms with Gasteiger partial charge in [-0.15, -0.1) is 0 Å². The molecule has 3 aliphatic heterocycles. The highest BCUT2D eigenvalue weighted by molar-refractivity contribution is 6.00. The molecule has 1 aromatic carbocycles. The molecule has 0 spiro atoms. The number of hydrogen-bond donors (Lipinski definition) is 5. The Balaban J connectivity index is 1.08. The molecular formula is C42H58N8O11. The number of rotatable bonds is 12. The zero-order valence-electron chi connectivity index (χ0n) is 35.3. The number of ether oxygens (including phenoxy) is 1. The molecule has 4 aliphatic rings. The van der Waals surface area contributed by atoms with Crippen LogP contribution in [0.4, 0.5) is 4.79 Å². The molecule has 6 rings (SSSR count). The van der Waals surface area contributed by atoms with Gasteiger partial charge in [-0.3, -0.25) is 43.2 Å². The van der Waals surface area contributed by atoms with Gasteiger partial charge in [-0.1, -0.05) is 6.07 Å². The Morgan fingerprint density at radius 2 is 1.66 bits per heavy atom. The molecule has 19 nitrogen and oxygen atoms in total. The molecule has 4 fully saturated rings. The largest absolute Gasteiger partial charge is 0.480 e. The number of carbonyl (C=O) groups is 8. The normalized spacial score (nSPS) is 25.2. The molecule has 5 atom stereocenters. The second-order valence-corrected chi connectivity index (χ2v) is 18.0. The Morgan fingerprint density at radius 3 is 2.31 bits per heavy atom. The van der Waals surface area contributed by atoms with Crippen LogP contribution in [0.5, 0.6) is 0 Å². The maximum absolute atomic E-state index is 14.3. The van der Waals surface area contributed by atoms with Gasteiger partial charge in [0.1, 0.15) is 29.8 Å². The van der Waals surface area contributed by atoms with Gasteiger partial charge in [0.05, 0.1) is 17.6 Å². The van der Waals surface area contributed by atoms with E-state index in [0.717, 1.165) is 37.7 Å². The van der Waals surface area contributed by atoms with Crippen LogP contribution in [0.3, 0.4) is 0 Å². The van der Waals surface area contributed by atoms with Crippen LogP contribution in [0, 0.1) is 11.8 Å². The van der Waals surface area contributed by atoms with Crippen molar-refractivity contribution in [1.29, 1.82) is 0 Å². The highest BCUT2D eigenvalue weighted by Gasteiger charge is 2.46. The molecule has 2 aromatic rings. The fraction of sp³-hybridized carbons (Fsp3) is 0.643. The van der Waals surface area contributed by atoms with Gasteiger partial charge in [0.25, 0.3) is 0 Å². The van der Waals surface area contributed by atoms with Crippen LogP contribution in [-0.2, 0) is 51.8 Å². The summed E-state index contributed by atoms with van der Waals surface area (Å²) in [5, 5.41) is 17.1. The molecule has 0 bridgehead atoms. The second-order valence-electron chi connectivity index (χ2n) is 18.0. The predicted octanol–water partition coefficient (Wildman–Crippen LogP) is 1.38. The van der Waals surface area contributed by atoms with E-state index < -0.39 is 71.5 Å². The van der Waals surface area contributed by atoms with E-state index in [-0.39, 0.29) is 75.0 Å². The van der Waals surface area contributed by atoms with Crippen LogP contribution >= 0.6 is 0 Å². The molecule has 332 valence electrons. The van der Waals surface area contributed by atoms with Crippen molar-refractivity contribution in [3.8, 4) is 0 Å². The zero-order chi connectivity index (χ0) is 44.3.